The summed E-state index contributed by atoms with van der Waals surface area (Å²) in [5.41, 5.74) is 2.69. The Morgan fingerprint density at radius 1 is 1.00 bits per heavy atom. The third kappa shape index (κ3) is 4.44. The number of rotatable bonds is 5. The van der Waals surface area contributed by atoms with Crippen molar-refractivity contribution in [2.45, 2.75) is 18.9 Å². The molecule has 0 aliphatic rings. The lowest BCUT2D eigenvalue weighted by atomic mass is 9.99. The van der Waals surface area contributed by atoms with Crippen LogP contribution in [0.15, 0.2) is 57.5 Å². The molecule has 0 bridgehead atoms. The van der Waals surface area contributed by atoms with Gasteiger partial charge in [0.05, 0.1) is 0 Å². The van der Waals surface area contributed by atoms with Crippen molar-refractivity contribution in [2.24, 2.45) is 0 Å². The molecule has 1 unspecified atom stereocenters. The molecule has 0 aromatic heterocycles. The van der Waals surface area contributed by atoms with E-state index in [1.165, 1.54) is 15.6 Å². The number of hydrogen-bond acceptors (Lipinski definition) is 1. The maximum Gasteiger partial charge on any atom is 0.0207 e. The van der Waals surface area contributed by atoms with Crippen molar-refractivity contribution >= 4 is 31.9 Å². The first-order valence-corrected chi connectivity index (χ1v) is 7.92. The largest absolute Gasteiger partial charge is 0.316 e. The fraction of sp³-hybridized carbons (Fsp3) is 0.250. The Morgan fingerprint density at radius 3 is 2.47 bits per heavy atom. The molecular weight excluding hydrogens is 366 g/mol. The van der Waals surface area contributed by atoms with Gasteiger partial charge in [0.1, 0.15) is 0 Å². The molecule has 0 amide bonds. The first kappa shape index (κ1) is 14.8. The maximum absolute atomic E-state index is 3.62. The second-order valence-electron chi connectivity index (χ2n) is 4.62. The molecule has 1 atom stereocenters. The monoisotopic (exact) mass is 381 g/mol. The van der Waals surface area contributed by atoms with E-state index in [1.807, 2.05) is 7.05 Å². The summed E-state index contributed by atoms with van der Waals surface area (Å²) in [6, 6.07) is 17.4. The maximum atomic E-state index is 3.62. The molecule has 2 rings (SSSR count). The first-order valence-electron chi connectivity index (χ1n) is 6.34. The van der Waals surface area contributed by atoms with E-state index in [4.69, 9.17) is 0 Å². The number of halogens is 2. The van der Waals surface area contributed by atoms with Gasteiger partial charge in [0, 0.05) is 15.0 Å². The van der Waals surface area contributed by atoms with Crippen molar-refractivity contribution in [3.63, 3.8) is 0 Å². The lowest BCUT2D eigenvalue weighted by Gasteiger charge is -2.17. The second-order valence-corrected chi connectivity index (χ2v) is 6.39. The number of hydrogen-bond donors (Lipinski definition) is 1. The quantitative estimate of drug-likeness (QED) is 0.797. The van der Waals surface area contributed by atoms with E-state index in [9.17, 15) is 0 Å². The zero-order valence-corrected chi connectivity index (χ0v) is 14.0. The Balaban J connectivity index is 2.07. The van der Waals surface area contributed by atoms with Crippen LogP contribution in [0.3, 0.4) is 0 Å². The van der Waals surface area contributed by atoms with E-state index in [-0.39, 0.29) is 0 Å². The molecule has 0 aliphatic heterocycles. The average Bonchev–Trinajstić information content (AvgIpc) is 2.40. The molecule has 19 heavy (non-hydrogen) atoms. The van der Waals surface area contributed by atoms with Crippen LogP contribution in [0.2, 0.25) is 0 Å². The van der Waals surface area contributed by atoms with E-state index in [2.05, 4.69) is 85.7 Å². The SMILES string of the molecule is CNC(Cc1cccc(Br)c1)Cc1ccccc1Br. The zero-order chi connectivity index (χ0) is 13.7. The summed E-state index contributed by atoms with van der Waals surface area (Å²) in [6.07, 6.45) is 2.04. The van der Waals surface area contributed by atoms with Gasteiger partial charge in [-0.1, -0.05) is 62.2 Å². The summed E-state index contributed by atoms with van der Waals surface area (Å²) >= 11 is 7.14. The summed E-state index contributed by atoms with van der Waals surface area (Å²) in [5, 5.41) is 3.41. The highest BCUT2D eigenvalue weighted by Crippen LogP contribution is 2.19. The predicted molar refractivity (Wildman–Crippen MR) is 88.5 cm³/mol. The second kappa shape index (κ2) is 7.22. The molecule has 0 fully saturated rings. The van der Waals surface area contributed by atoms with Crippen LogP contribution in [0.5, 0.6) is 0 Å². The average molecular weight is 383 g/mol. The first-order chi connectivity index (χ1) is 9.19. The van der Waals surface area contributed by atoms with Crippen LogP contribution in [0.1, 0.15) is 11.1 Å². The minimum Gasteiger partial charge on any atom is -0.316 e. The van der Waals surface area contributed by atoms with Crippen molar-refractivity contribution in [3.8, 4) is 0 Å². The zero-order valence-electron chi connectivity index (χ0n) is 10.9. The van der Waals surface area contributed by atoms with Gasteiger partial charge >= 0.3 is 0 Å². The lowest BCUT2D eigenvalue weighted by molar-refractivity contribution is 0.555. The molecule has 0 aliphatic carbocycles. The molecule has 2 aromatic carbocycles. The van der Waals surface area contributed by atoms with Crippen LogP contribution in [0.4, 0.5) is 0 Å². The third-order valence-electron chi connectivity index (χ3n) is 3.20. The minimum atomic E-state index is 0.438. The molecular formula is C16H17Br2N. The van der Waals surface area contributed by atoms with Gasteiger partial charge in [0.15, 0.2) is 0 Å². The molecule has 0 saturated carbocycles. The van der Waals surface area contributed by atoms with Gasteiger partial charge in [-0.3, -0.25) is 0 Å². The standard InChI is InChI=1S/C16H17Br2N/c1-19-15(10-12-5-4-7-14(17)9-12)11-13-6-2-3-8-16(13)18/h2-9,15,19H,10-11H2,1H3. The number of likely N-dealkylation sites (N-methyl/N-ethyl adjacent to an activating group) is 1. The summed E-state index contributed by atoms with van der Waals surface area (Å²) in [6.45, 7) is 0. The summed E-state index contributed by atoms with van der Waals surface area (Å²) in [4.78, 5) is 0. The van der Waals surface area contributed by atoms with Gasteiger partial charge in [0.2, 0.25) is 0 Å². The Labute approximate surface area is 131 Å². The topological polar surface area (TPSA) is 12.0 Å². The van der Waals surface area contributed by atoms with E-state index in [0.29, 0.717) is 6.04 Å². The van der Waals surface area contributed by atoms with Crippen molar-refractivity contribution in [1.82, 2.24) is 5.32 Å². The Kier molecular flexibility index (Phi) is 5.61. The third-order valence-corrected chi connectivity index (χ3v) is 4.47. The van der Waals surface area contributed by atoms with E-state index in [0.717, 1.165) is 17.3 Å². The smallest absolute Gasteiger partial charge is 0.0207 e. The molecule has 1 nitrogen and oxygen atoms in total. The van der Waals surface area contributed by atoms with Gasteiger partial charge in [-0.05, 0) is 49.2 Å². The van der Waals surface area contributed by atoms with Crippen molar-refractivity contribution < 1.29 is 0 Å². The van der Waals surface area contributed by atoms with Crippen molar-refractivity contribution in [1.29, 1.82) is 0 Å². The van der Waals surface area contributed by atoms with Crippen molar-refractivity contribution in [2.75, 3.05) is 7.05 Å². The predicted octanol–water partition coefficient (Wildman–Crippen LogP) is 4.58. The van der Waals surface area contributed by atoms with E-state index < -0.39 is 0 Å². The Bertz CT molecular complexity index is 540. The number of benzene rings is 2. The van der Waals surface area contributed by atoms with Gasteiger partial charge < -0.3 is 5.32 Å². The van der Waals surface area contributed by atoms with Gasteiger partial charge in [-0.25, -0.2) is 0 Å². The van der Waals surface area contributed by atoms with Crippen molar-refractivity contribution in [3.05, 3.63) is 68.6 Å². The highest BCUT2D eigenvalue weighted by atomic mass is 79.9. The fourth-order valence-electron chi connectivity index (χ4n) is 2.15. The molecule has 3 heteroatoms. The molecule has 2 aromatic rings. The molecule has 1 N–H and O–H groups in total. The highest BCUT2D eigenvalue weighted by Gasteiger charge is 2.10. The molecule has 0 radical (unpaired) electrons. The fourth-order valence-corrected chi connectivity index (χ4v) is 3.05. The number of nitrogens with one attached hydrogen (secondary N) is 1. The van der Waals surface area contributed by atoms with Crippen LogP contribution in [-0.2, 0) is 12.8 Å². The molecule has 0 saturated heterocycles. The van der Waals surface area contributed by atoms with Gasteiger partial charge in [-0.2, -0.15) is 0 Å². The van der Waals surface area contributed by atoms with Gasteiger partial charge in [0.25, 0.3) is 0 Å². The Morgan fingerprint density at radius 2 is 1.79 bits per heavy atom. The van der Waals surface area contributed by atoms with E-state index in [1.54, 1.807) is 0 Å². The normalized spacial score (nSPS) is 12.4. The lowest BCUT2D eigenvalue weighted by Crippen LogP contribution is -2.30. The van der Waals surface area contributed by atoms with Crippen LogP contribution in [-0.4, -0.2) is 13.1 Å². The van der Waals surface area contributed by atoms with Crippen LogP contribution < -0.4 is 5.32 Å². The van der Waals surface area contributed by atoms with Crippen LogP contribution in [0.25, 0.3) is 0 Å². The molecule has 0 heterocycles. The molecule has 0 spiro atoms. The summed E-state index contributed by atoms with van der Waals surface area (Å²) in [7, 11) is 2.03. The highest BCUT2D eigenvalue weighted by molar-refractivity contribution is 9.10. The van der Waals surface area contributed by atoms with E-state index >= 15 is 0 Å². The minimum absolute atomic E-state index is 0.438. The summed E-state index contributed by atoms with van der Waals surface area (Å²) in [5.74, 6) is 0. The summed E-state index contributed by atoms with van der Waals surface area (Å²) < 4.78 is 2.32. The molecule has 100 valence electrons. The van der Waals surface area contributed by atoms with Crippen LogP contribution >= 0.6 is 31.9 Å². The van der Waals surface area contributed by atoms with Crippen LogP contribution in [0, 0.1) is 0 Å². The Hall–Kier alpha value is -0.640. The van der Waals surface area contributed by atoms with Gasteiger partial charge in [-0.15, -0.1) is 0 Å².